The number of rotatable bonds is 5. The van der Waals surface area contributed by atoms with Gasteiger partial charge in [0, 0.05) is 15.9 Å². The lowest BCUT2D eigenvalue weighted by atomic mass is 10.2. The van der Waals surface area contributed by atoms with Gasteiger partial charge in [-0.2, -0.15) is 0 Å². The molecule has 0 heterocycles. The van der Waals surface area contributed by atoms with Gasteiger partial charge in [0.2, 0.25) is 0 Å². The number of hydrogen-bond donors (Lipinski definition) is 0. The van der Waals surface area contributed by atoms with E-state index in [0.717, 1.165) is 5.56 Å². The molecule has 0 spiro atoms. The van der Waals surface area contributed by atoms with Crippen molar-refractivity contribution in [2.45, 2.75) is 11.9 Å². The van der Waals surface area contributed by atoms with E-state index >= 15 is 0 Å². The molecular formula is C14H10Br2ClNO3. The van der Waals surface area contributed by atoms with Crippen LogP contribution in [0.5, 0.6) is 5.75 Å². The number of halogens is 3. The first-order chi connectivity index (χ1) is 10.0. The molecule has 110 valence electrons. The average molecular weight is 435 g/mol. The minimum Gasteiger partial charge on any atom is -0.487 e. The standard InChI is InChI=1S/C14H10Br2ClNO3/c15-7-9-1-4-14(12(17)5-9)21-8-10-2-3-11(16)6-13(10)18(19)20/h1-6H,7-8H2. The smallest absolute Gasteiger partial charge is 0.277 e. The molecule has 2 aromatic rings. The first-order valence-electron chi connectivity index (χ1n) is 5.91. The summed E-state index contributed by atoms with van der Waals surface area (Å²) in [6.45, 7) is 0.0803. The van der Waals surface area contributed by atoms with Crippen LogP contribution >= 0.6 is 43.5 Å². The van der Waals surface area contributed by atoms with Crippen LogP contribution in [-0.4, -0.2) is 4.92 Å². The highest BCUT2D eigenvalue weighted by Gasteiger charge is 2.15. The summed E-state index contributed by atoms with van der Waals surface area (Å²) < 4.78 is 6.24. The highest BCUT2D eigenvalue weighted by molar-refractivity contribution is 9.10. The van der Waals surface area contributed by atoms with Crippen molar-refractivity contribution in [1.29, 1.82) is 0 Å². The van der Waals surface area contributed by atoms with Crippen molar-refractivity contribution in [2.75, 3.05) is 0 Å². The third-order valence-corrected chi connectivity index (χ3v) is 4.21. The van der Waals surface area contributed by atoms with Crippen LogP contribution in [0, 0.1) is 10.1 Å². The quantitative estimate of drug-likeness (QED) is 0.355. The normalized spacial score (nSPS) is 10.4. The van der Waals surface area contributed by atoms with Gasteiger partial charge in [-0.15, -0.1) is 0 Å². The van der Waals surface area contributed by atoms with Crippen LogP contribution in [0.2, 0.25) is 5.02 Å². The van der Waals surface area contributed by atoms with Gasteiger partial charge >= 0.3 is 0 Å². The number of nitro groups is 1. The van der Waals surface area contributed by atoms with Gasteiger partial charge in [0.15, 0.2) is 0 Å². The second kappa shape index (κ2) is 7.24. The highest BCUT2D eigenvalue weighted by atomic mass is 79.9. The molecule has 0 aromatic heterocycles. The summed E-state index contributed by atoms with van der Waals surface area (Å²) in [5, 5.41) is 12.2. The number of alkyl halides is 1. The number of benzene rings is 2. The topological polar surface area (TPSA) is 52.4 Å². The van der Waals surface area contributed by atoms with Crippen molar-refractivity contribution >= 4 is 49.1 Å². The fraction of sp³-hybridized carbons (Fsp3) is 0.143. The molecule has 0 unspecified atom stereocenters. The van der Waals surface area contributed by atoms with Crippen LogP contribution in [-0.2, 0) is 11.9 Å². The fourth-order valence-corrected chi connectivity index (χ4v) is 2.68. The number of hydrogen-bond acceptors (Lipinski definition) is 3. The van der Waals surface area contributed by atoms with Crippen molar-refractivity contribution in [3.8, 4) is 5.75 Å². The summed E-state index contributed by atoms with van der Waals surface area (Å²) in [4.78, 5) is 10.6. The molecule has 0 bridgehead atoms. The molecule has 2 rings (SSSR count). The Hall–Kier alpha value is -1.11. The average Bonchev–Trinajstić information content (AvgIpc) is 2.46. The minimum atomic E-state index is -0.432. The van der Waals surface area contributed by atoms with Crippen LogP contribution in [0.3, 0.4) is 0 Å². The predicted octanol–water partition coefficient (Wildman–Crippen LogP) is 5.48. The predicted molar refractivity (Wildman–Crippen MR) is 89.2 cm³/mol. The molecule has 0 atom stereocenters. The molecule has 0 aliphatic rings. The molecule has 0 radical (unpaired) electrons. The molecule has 0 amide bonds. The molecule has 2 aromatic carbocycles. The van der Waals surface area contributed by atoms with Gasteiger partial charge < -0.3 is 4.74 Å². The van der Waals surface area contributed by atoms with Gasteiger partial charge in [-0.25, -0.2) is 0 Å². The van der Waals surface area contributed by atoms with Crippen molar-refractivity contribution in [2.24, 2.45) is 0 Å². The lowest BCUT2D eigenvalue weighted by Gasteiger charge is -2.09. The highest BCUT2D eigenvalue weighted by Crippen LogP contribution is 2.29. The molecule has 0 aliphatic heterocycles. The van der Waals surface area contributed by atoms with Crippen molar-refractivity contribution in [1.82, 2.24) is 0 Å². The Morgan fingerprint density at radius 2 is 2.00 bits per heavy atom. The van der Waals surface area contributed by atoms with E-state index in [0.29, 0.717) is 26.1 Å². The van der Waals surface area contributed by atoms with E-state index in [1.807, 2.05) is 6.07 Å². The zero-order valence-electron chi connectivity index (χ0n) is 10.7. The van der Waals surface area contributed by atoms with Crippen LogP contribution in [0.1, 0.15) is 11.1 Å². The van der Waals surface area contributed by atoms with Gasteiger partial charge in [0.05, 0.1) is 15.5 Å². The molecule has 4 nitrogen and oxygen atoms in total. The molecule has 0 saturated heterocycles. The van der Waals surface area contributed by atoms with E-state index in [4.69, 9.17) is 16.3 Å². The van der Waals surface area contributed by atoms with Crippen LogP contribution in [0.4, 0.5) is 5.69 Å². The Labute approximate surface area is 143 Å². The molecule has 7 heteroatoms. The molecule has 0 N–H and O–H groups in total. The first-order valence-corrected chi connectivity index (χ1v) is 8.20. The SMILES string of the molecule is O=[N+]([O-])c1cc(Br)ccc1COc1ccc(CBr)cc1Cl. The van der Waals surface area contributed by atoms with E-state index in [1.54, 1.807) is 24.3 Å². The van der Waals surface area contributed by atoms with Gasteiger partial charge in [-0.05, 0) is 29.8 Å². The van der Waals surface area contributed by atoms with Crippen LogP contribution in [0.15, 0.2) is 40.9 Å². The van der Waals surface area contributed by atoms with E-state index < -0.39 is 4.92 Å². The third kappa shape index (κ3) is 4.18. The zero-order valence-corrected chi connectivity index (χ0v) is 14.6. The molecule has 21 heavy (non-hydrogen) atoms. The van der Waals surface area contributed by atoms with Gasteiger partial charge in [0.25, 0.3) is 5.69 Å². The molecular weight excluding hydrogens is 425 g/mol. The van der Waals surface area contributed by atoms with E-state index in [9.17, 15) is 10.1 Å². The van der Waals surface area contributed by atoms with Gasteiger partial charge in [0.1, 0.15) is 12.4 Å². The first kappa shape index (κ1) is 16.3. The summed E-state index contributed by atoms with van der Waals surface area (Å²) in [5.41, 5.74) is 1.53. The Morgan fingerprint density at radius 1 is 1.24 bits per heavy atom. The fourth-order valence-electron chi connectivity index (χ4n) is 1.73. The number of nitro benzene ring substituents is 1. The maximum Gasteiger partial charge on any atom is 0.277 e. The Kier molecular flexibility index (Phi) is 5.61. The van der Waals surface area contributed by atoms with Crippen molar-refractivity contribution in [3.63, 3.8) is 0 Å². The number of nitrogens with zero attached hydrogens (tertiary/aromatic N) is 1. The van der Waals surface area contributed by atoms with E-state index in [2.05, 4.69) is 31.9 Å². The summed E-state index contributed by atoms with van der Waals surface area (Å²) >= 11 is 12.7. The third-order valence-electron chi connectivity index (χ3n) is 2.78. The van der Waals surface area contributed by atoms with Gasteiger partial charge in [-0.1, -0.05) is 49.5 Å². The zero-order chi connectivity index (χ0) is 15.4. The summed E-state index contributed by atoms with van der Waals surface area (Å²) in [6.07, 6.45) is 0. The molecule has 0 fully saturated rings. The van der Waals surface area contributed by atoms with E-state index in [1.165, 1.54) is 6.07 Å². The Balaban J connectivity index is 2.18. The lowest BCUT2D eigenvalue weighted by molar-refractivity contribution is -0.385. The van der Waals surface area contributed by atoms with Gasteiger partial charge in [-0.3, -0.25) is 10.1 Å². The summed E-state index contributed by atoms with van der Waals surface area (Å²) in [7, 11) is 0. The minimum absolute atomic E-state index is 0.0116. The second-order valence-electron chi connectivity index (χ2n) is 4.22. The Bertz CT molecular complexity index is 679. The van der Waals surface area contributed by atoms with Crippen LogP contribution < -0.4 is 4.74 Å². The van der Waals surface area contributed by atoms with Crippen molar-refractivity contribution in [3.05, 3.63) is 67.1 Å². The van der Waals surface area contributed by atoms with Crippen LogP contribution in [0.25, 0.3) is 0 Å². The lowest BCUT2D eigenvalue weighted by Crippen LogP contribution is -2.01. The maximum atomic E-state index is 11.0. The maximum absolute atomic E-state index is 11.0. The largest absolute Gasteiger partial charge is 0.487 e. The summed E-state index contributed by atoms with van der Waals surface area (Å²) in [5.74, 6) is 0.499. The molecule has 0 saturated carbocycles. The molecule has 0 aliphatic carbocycles. The number of ether oxygens (including phenoxy) is 1. The Morgan fingerprint density at radius 3 is 2.62 bits per heavy atom. The summed E-state index contributed by atoms with van der Waals surface area (Å²) in [6, 6.07) is 10.3. The van der Waals surface area contributed by atoms with E-state index in [-0.39, 0.29) is 12.3 Å². The monoisotopic (exact) mass is 433 g/mol. The van der Waals surface area contributed by atoms with Crippen molar-refractivity contribution < 1.29 is 9.66 Å². The second-order valence-corrected chi connectivity index (χ2v) is 6.10.